The van der Waals surface area contributed by atoms with Crippen molar-refractivity contribution in [3.8, 4) is 5.75 Å². The van der Waals surface area contributed by atoms with Crippen LogP contribution >= 0.6 is 69.3 Å². The van der Waals surface area contributed by atoms with E-state index in [9.17, 15) is 39.5 Å². The number of thioether (sulfide) groups is 3. The Morgan fingerprint density at radius 1 is 0.420 bits per heavy atom. The molecule has 0 amide bonds. The fraction of sp³-hybridized carbons (Fsp3) is 0.536. The van der Waals surface area contributed by atoms with E-state index in [0.29, 0.717) is 69.4 Å². The van der Waals surface area contributed by atoms with Gasteiger partial charge in [-0.1, -0.05) is 186 Å². The summed E-state index contributed by atoms with van der Waals surface area (Å²) < 4.78 is 117. The highest BCUT2D eigenvalue weighted by atomic mass is 32.2. The second kappa shape index (κ2) is 71.5. The van der Waals surface area contributed by atoms with Crippen molar-refractivity contribution in [2.45, 2.75) is 340 Å². The molecule has 2 fully saturated rings. The number of alkyl halides is 6. The highest BCUT2D eigenvalue weighted by Gasteiger charge is 2.31. The van der Waals surface area contributed by atoms with Crippen molar-refractivity contribution in [2.24, 2.45) is 7.05 Å². The quantitative estimate of drug-likeness (QED) is 0.0171. The normalized spacial score (nSPS) is 12.0. The van der Waals surface area contributed by atoms with Gasteiger partial charge in [-0.3, -0.25) is 0 Å². The molecule has 12 rings (SSSR count). The minimum Gasteiger partial charge on any atom is -0.406 e. The van der Waals surface area contributed by atoms with Crippen molar-refractivity contribution in [2.75, 3.05) is 43.8 Å². The molecule has 131 heavy (non-hydrogen) atoms. The Balaban J connectivity index is 0.00000141. The summed E-state index contributed by atoms with van der Waals surface area (Å²) in [5, 5.41) is 58.3. The van der Waals surface area contributed by atoms with Crippen LogP contribution in [0.4, 0.5) is 78.8 Å². The molecule has 4 aromatic heterocycles. The molecule has 0 spiro atoms. The third kappa shape index (κ3) is 74.0. The molecule has 2 aliphatic rings. The van der Waals surface area contributed by atoms with Crippen LogP contribution in [-0.2, 0) is 13.2 Å². The van der Waals surface area contributed by atoms with E-state index in [1.54, 1.807) is 116 Å². The number of anilines is 7. The Kier molecular flexibility index (Phi) is 67.1. The lowest BCUT2D eigenvalue weighted by molar-refractivity contribution is -0.274. The minimum absolute atomic E-state index is 0.193. The van der Waals surface area contributed by atoms with Gasteiger partial charge >= 0.3 is 12.5 Å². The Labute approximate surface area is 803 Å². The third-order valence-electron chi connectivity index (χ3n) is 15.2. The standard InChI is InChI=1S/C10H12F3NO.C10H12F3N.3C9H12FN.C9H13N.C8H17N.C6H10N2S.C6H9NS2.C6H13N.C5H10N4S.C5H8N2S2.C5H13N/c1-7(2)14-8-3-5-9(6-4-8)15-10(11,12)13;1-7(2)14-9-5-3-8(4-6-9)10(11,12)13;1-7(2)11-9-5-3-8(10)4-6-9;1-7(2)11-9-5-3-4-8(10)6-9;1-7(2)11-9-6-4-3-5-8(9)10;1-8(2)10-9-6-4-3-5-7-9;1-7(2)9-8-5-3-4-6-8;1-5(2)8-6-7-3-4-9-6;1-5(2)9-6-7-3-4-8-6;1-5(2)7-6-3-4-6;1-4(2)10-5-6-7-8-9(5)3;1-4(2)9-5-7-6-3-8-5;1-4-6-5(2)3/h3-7,14H,1-2H3;3-7,14H,1-2H3;3*3-7,11H,1-2H3;3-8,10H,1-2H3;7-9H,3-6H2,1-2H3;3-5H,1-2H3,(H,7,8);3-5H,1-2H3;5-7H,3-4H2,1-2H3;4H,1-3H3;3-4H,1-2H3;5-6H,4H2,1-3H3. The van der Waals surface area contributed by atoms with Gasteiger partial charge in [0.1, 0.15) is 33.1 Å². The molecule has 0 bridgehead atoms. The Morgan fingerprint density at radius 2 is 0.855 bits per heavy atom. The lowest BCUT2D eigenvalue weighted by Gasteiger charge is -2.14. The first-order valence-electron chi connectivity index (χ1n) is 44.7. The molecule has 0 atom stereocenters. The fourth-order valence-corrected chi connectivity index (χ4v) is 15.3. The summed E-state index contributed by atoms with van der Waals surface area (Å²) in [6.45, 7) is 57.5. The number of hydrogen-bond acceptors (Lipinski definition) is 24. The van der Waals surface area contributed by atoms with Gasteiger partial charge < -0.3 is 57.9 Å². The average Bonchev–Trinajstić information content (AvgIpc) is 1.84. The zero-order chi connectivity index (χ0) is 99.0. The van der Waals surface area contributed by atoms with Crippen molar-refractivity contribution in [1.82, 2.24) is 56.3 Å². The van der Waals surface area contributed by atoms with Crippen LogP contribution in [-0.4, -0.2) is 142 Å². The number of hydrogen-bond donors (Lipinski definition) is 10. The summed E-state index contributed by atoms with van der Waals surface area (Å²) in [7, 11) is 1.84. The van der Waals surface area contributed by atoms with Gasteiger partial charge in [-0.05, 0) is 255 Å². The van der Waals surface area contributed by atoms with E-state index in [4.69, 9.17) is 0 Å². The summed E-state index contributed by atoms with van der Waals surface area (Å²) in [5.41, 5.74) is 6.16. The molecule has 2 saturated carbocycles. The molecule has 0 unspecified atom stereocenters. The molecule has 2 aliphatic carbocycles. The minimum atomic E-state index is -4.63. The van der Waals surface area contributed by atoms with Crippen molar-refractivity contribution < 1.29 is 44.3 Å². The maximum absolute atomic E-state index is 12.9. The smallest absolute Gasteiger partial charge is 0.406 e. The molecule has 19 nitrogen and oxygen atoms in total. The van der Waals surface area contributed by atoms with Crippen LogP contribution in [0.1, 0.15) is 231 Å². The molecule has 736 valence electrons. The fourth-order valence-electron chi connectivity index (χ4n) is 10.4. The average molecular weight is 1950 g/mol. The number of rotatable bonds is 27. The number of para-hydroxylation sites is 2. The van der Waals surface area contributed by atoms with Gasteiger partial charge in [-0.15, -0.1) is 51.1 Å². The maximum Gasteiger partial charge on any atom is 0.573 e. The van der Waals surface area contributed by atoms with E-state index in [1.165, 1.54) is 103 Å². The molecule has 10 N–H and O–H groups in total. The number of ether oxygens (including phenoxy) is 1. The Morgan fingerprint density at radius 3 is 1.23 bits per heavy atom. The van der Waals surface area contributed by atoms with Gasteiger partial charge in [0.05, 0.1) is 11.3 Å². The third-order valence-corrected chi connectivity index (χ3v) is 20.7. The number of nitrogens with one attached hydrogen (secondary N) is 10. The van der Waals surface area contributed by atoms with E-state index in [-0.39, 0.29) is 41.3 Å². The molecular formula is C97H153F9N18OS6. The molecule has 0 radical (unpaired) electrons. The number of nitrogens with zero attached hydrogens (tertiary/aromatic N) is 8. The van der Waals surface area contributed by atoms with Gasteiger partial charge in [0, 0.05) is 147 Å². The van der Waals surface area contributed by atoms with Gasteiger partial charge in [0.2, 0.25) is 5.16 Å². The first kappa shape index (κ1) is 123. The molecular weight excluding hydrogens is 1800 g/mol. The number of halogens is 9. The predicted molar refractivity (Wildman–Crippen MR) is 548 cm³/mol. The van der Waals surface area contributed by atoms with Crippen LogP contribution in [0.15, 0.2) is 194 Å². The number of tetrazole rings is 1. The number of benzene rings is 6. The van der Waals surface area contributed by atoms with E-state index >= 15 is 0 Å². The van der Waals surface area contributed by atoms with Gasteiger partial charge in [-0.25, -0.2) is 27.8 Å². The first-order chi connectivity index (χ1) is 61.5. The lowest BCUT2D eigenvalue weighted by atomic mass is 10.2. The van der Waals surface area contributed by atoms with Crippen LogP contribution < -0.4 is 57.9 Å². The first-order valence-corrected chi connectivity index (χ1v) is 50.0. The van der Waals surface area contributed by atoms with Crippen molar-refractivity contribution >= 4 is 109 Å². The number of aryl methyl sites for hydroxylation is 1. The number of aromatic nitrogens is 8. The van der Waals surface area contributed by atoms with Crippen LogP contribution in [0.3, 0.4) is 0 Å². The predicted octanol–water partition coefficient (Wildman–Crippen LogP) is 28.8. The SMILES string of the molecule is CC(C)NC1CC1.CC(C)NC1CCCC1.CC(C)Nc1ccc(C(F)(F)F)cc1.CC(C)Nc1ccc(F)cc1.CC(C)Nc1ccc(OC(F)(F)F)cc1.CC(C)Nc1cccc(F)c1.CC(C)Nc1ccccc1.CC(C)Nc1ccccc1F.CC(C)Nc1nccs1.CC(C)Sc1nccs1.CC(C)Sc1nncs1.CC(C)Sc1nnnn1C.CCNC(C)C. The molecule has 10 aromatic rings. The second-order valence-corrected chi connectivity index (χ2v) is 41.5. The summed E-state index contributed by atoms with van der Waals surface area (Å²) in [6.07, 6.45) is 3.23. The highest BCUT2D eigenvalue weighted by molar-refractivity contribution is 8.01. The van der Waals surface area contributed by atoms with E-state index in [2.05, 4.69) is 223 Å². The van der Waals surface area contributed by atoms with Crippen molar-refractivity contribution in [1.29, 1.82) is 0 Å². The number of thiazole rings is 2. The zero-order valence-electron chi connectivity index (χ0n) is 82.3. The zero-order valence-corrected chi connectivity index (χ0v) is 87.2. The summed E-state index contributed by atoms with van der Waals surface area (Å²) in [6, 6.07) is 46.6. The van der Waals surface area contributed by atoms with Crippen molar-refractivity contribution in [3.63, 3.8) is 0 Å². The monoisotopic (exact) mass is 1950 g/mol. The lowest BCUT2D eigenvalue weighted by Crippen LogP contribution is -2.32. The molecule has 6 aromatic carbocycles. The summed E-state index contributed by atoms with van der Waals surface area (Å²) in [5.74, 6) is -0.798. The summed E-state index contributed by atoms with van der Waals surface area (Å²) >= 11 is 10.1. The van der Waals surface area contributed by atoms with E-state index in [1.807, 2.05) is 135 Å². The van der Waals surface area contributed by atoms with Crippen LogP contribution in [0.2, 0.25) is 0 Å². The van der Waals surface area contributed by atoms with Gasteiger partial charge in [0.15, 0.2) is 9.47 Å². The van der Waals surface area contributed by atoms with E-state index < -0.39 is 18.1 Å². The highest BCUT2D eigenvalue weighted by Crippen LogP contribution is 2.31. The van der Waals surface area contributed by atoms with Gasteiger partial charge in [0.25, 0.3) is 0 Å². The maximum atomic E-state index is 12.9. The topological polar surface area (TPSA) is 225 Å². The molecule has 0 saturated heterocycles. The molecule has 34 heteroatoms. The van der Waals surface area contributed by atoms with Crippen LogP contribution in [0, 0.1) is 17.5 Å². The molecule has 4 heterocycles. The van der Waals surface area contributed by atoms with Gasteiger partial charge in [-0.2, -0.15) is 13.2 Å². The van der Waals surface area contributed by atoms with Crippen LogP contribution in [0.25, 0.3) is 0 Å². The largest absolute Gasteiger partial charge is 0.573 e. The second-order valence-electron chi connectivity index (χ2n) is 33.6. The summed E-state index contributed by atoms with van der Waals surface area (Å²) in [4.78, 5) is 8.20. The Hall–Kier alpha value is -8.09. The Bertz CT molecular complexity index is 4180. The molecule has 0 aliphatic heterocycles. The van der Waals surface area contributed by atoms with Crippen molar-refractivity contribution in [3.05, 3.63) is 203 Å². The van der Waals surface area contributed by atoms with E-state index in [0.717, 1.165) is 62.5 Å². The van der Waals surface area contributed by atoms with Crippen LogP contribution in [0.5, 0.6) is 5.75 Å².